The predicted molar refractivity (Wildman–Crippen MR) is 44.6 cm³/mol. The number of aromatic nitrogens is 1. The van der Waals surface area contributed by atoms with Crippen LogP contribution in [0, 0.1) is 6.92 Å². The monoisotopic (exact) mass is 165 g/mol. The van der Waals surface area contributed by atoms with Crippen LogP contribution in [0.4, 0.5) is 0 Å². The largest absolute Gasteiger partial charge is 0.425 e. The van der Waals surface area contributed by atoms with Gasteiger partial charge in [-0.3, -0.25) is 4.79 Å². The SMILES string of the molecule is Cc1cc(C2CC2)n(O)c(=O)c1. The fourth-order valence-corrected chi connectivity index (χ4v) is 1.39. The number of rotatable bonds is 1. The lowest BCUT2D eigenvalue weighted by Crippen LogP contribution is -2.20. The molecule has 0 spiro atoms. The van der Waals surface area contributed by atoms with Gasteiger partial charge >= 0.3 is 0 Å². The Balaban J connectivity index is 2.58. The van der Waals surface area contributed by atoms with E-state index in [0.717, 1.165) is 28.8 Å². The molecule has 12 heavy (non-hydrogen) atoms. The molecule has 3 heteroatoms. The minimum Gasteiger partial charge on any atom is -0.425 e. The van der Waals surface area contributed by atoms with Crippen molar-refractivity contribution in [1.29, 1.82) is 0 Å². The van der Waals surface area contributed by atoms with E-state index in [1.165, 1.54) is 6.07 Å². The first-order valence-corrected chi connectivity index (χ1v) is 4.11. The molecule has 1 N–H and O–H groups in total. The zero-order chi connectivity index (χ0) is 8.72. The minimum absolute atomic E-state index is 0.322. The predicted octanol–water partition coefficient (Wildman–Crippen LogP) is 1.27. The lowest BCUT2D eigenvalue weighted by Gasteiger charge is -2.04. The van der Waals surface area contributed by atoms with Crippen molar-refractivity contribution in [2.24, 2.45) is 0 Å². The van der Waals surface area contributed by atoms with Crippen LogP contribution in [0.5, 0.6) is 0 Å². The molecule has 2 rings (SSSR count). The van der Waals surface area contributed by atoms with Crippen LogP contribution in [0.2, 0.25) is 0 Å². The molecule has 1 saturated carbocycles. The highest BCUT2D eigenvalue weighted by molar-refractivity contribution is 5.21. The second-order valence-electron chi connectivity index (χ2n) is 3.38. The van der Waals surface area contributed by atoms with Gasteiger partial charge in [0.1, 0.15) is 0 Å². The van der Waals surface area contributed by atoms with Gasteiger partial charge in [0.2, 0.25) is 0 Å². The van der Waals surface area contributed by atoms with Crippen molar-refractivity contribution in [3.05, 3.63) is 33.7 Å². The van der Waals surface area contributed by atoms with Crippen molar-refractivity contribution >= 4 is 0 Å². The quantitative estimate of drug-likeness (QED) is 0.637. The molecule has 1 aromatic heterocycles. The van der Waals surface area contributed by atoms with Crippen LogP contribution in [0.25, 0.3) is 0 Å². The molecule has 0 amide bonds. The summed E-state index contributed by atoms with van der Waals surface area (Å²) in [6, 6.07) is 3.31. The van der Waals surface area contributed by atoms with E-state index in [1.807, 2.05) is 13.0 Å². The minimum atomic E-state index is -0.322. The van der Waals surface area contributed by atoms with Gasteiger partial charge in [0.05, 0.1) is 5.69 Å². The fourth-order valence-electron chi connectivity index (χ4n) is 1.39. The van der Waals surface area contributed by atoms with Crippen LogP contribution in [0.3, 0.4) is 0 Å². The highest BCUT2D eigenvalue weighted by Crippen LogP contribution is 2.39. The third-order valence-electron chi connectivity index (χ3n) is 2.18. The van der Waals surface area contributed by atoms with Gasteiger partial charge in [-0.2, -0.15) is 4.73 Å². The first-order valence-electron chi connectivity index (χ1n) is 4.11. The molecule has 3 nitrogen and oxygen atoms in total. The Hall–Kier alpha value is -1.25. The molecule has 0 bridgehead atoms. The van der Waals surface area contributed by atoms with E-state index in [4.69, 9.17) is 0 Å². The van der Waals surface area contributed by atoms with Crippen molar-refractivity contribution < 1.29 is 5.21 Å². The van der Waals surface area contributed by atoms with Crippen molar-refractivity contribution in [2.45, 2.75) is 25.7 Å². The van der Waals surface area contributed by atoms with Crippen LogP contribution in [0.15, 0.2) is 16.9 Å². The maximum atomic E-state index is 11.1. The van der Waals surface area contributed by atoms with Gasteiger partial charge in [-0.25, -0.2) is 0 Å². The summed E-state index contributed by atoms with van der Waals surface area (Å²) in [5.74, 6) is 0.405. The van der Waals surface area contributed by atoms with Gasteiger partial charge in [-0.15, -0.1) is 0 Å². The Morgan fingerprint density at radius 2 is 2.17 bits per heavy atom. The third kappa shape index (κ3) is 1.11. The highest BCUT2D eigenvalue weighted by atomic mass is 16.5. The maximum Gasteiger partial charge on any atom is 0.283 e. The van der Waals surface area contributed by atoms with Gasteiger partial charge in [0, 0.05) is 12.0 Å². The first-order chi connectivity index (χ1) is 5.68. The topological polar surface area (TPSA) is 42.2 Å². The standard InChI is InChI=1S/C9H11NO2/c1-6-4-8(7-2-3-7)10(12)9(11)5-6/h4-5,7,12H,2-3H2,1H3. The molecular weight excluding hydrogens is 154 g/mol. The smallest absolute Gasteiger partial charge is 0.283 e. The van der Waals surface area contributed by atoms with Gasteiger partial charge in [0.15, 0.2) is 0 Å². The number of hydrogen-bond acceptors (Lipinski definition) is 2. The molecule has 0 atom stereocenters. The normalized spacial score (nSPS) is 16.4. The zero-order valence-corrected chi connectivity index (χ0v) is 6.95. The number of aryl methyl sites for hydroxylation is 1. The molecule has 0 radical (unpaired) electrons. The molecule has 1 aliphatic rings. The van der Waals surface area contributed by atoms with E-state index in [2.05, 4.69) is 0 Å². The Morgan fingerprint density at radius 1 is 1.50 bits per heavy atom. The van der Waals surface area contributed by atoms with Crippen molar-refractivity contribution in [1.82, 2.24) is 4.73 Å². The summed E-state index contributed by atoms with van der Waals surface area (Å²) in [7, 11) is 0. The van der Waals surface area contributed by atoms with Crippen molar-refractivity contribution in [3.8, 4) is 0 Å². The second-order valence-corrected chi connectivity index (χ2v) is 3.38. The number of nitrogens with zero attached hydrogens (tertiary/aromatic N) is 1. The molecule has 0 aromatic carbocycles. The number of hydrogen-bond donors (Lipinski definition) is 1. The van der Waals surface area contributed by atoms with Gasteiger partial charge in [-0.05, 0) is 31.4 Å². The van der Waals surface area contributed by atoms with Crippen LogP contribution in [0.1, 0.15) is 30.0 Å². The molecular formula is C9H11NO2. The lowest BCUT2D eigenvalue weighted by atomic mass is 10.2. The van der Waals surface area contributed by atoms with Gasteiger partial charge in [0.25, 0.3) is 5.56 Å². The Labute approximate surface area is 70.2 Å². The van der Waals surface area contributed by atoms with Crippen molar-refractivity contribution in [2.75, 3.05) is 0 Å². The molecule has 1 heterocycles. The van der Waals surface area contributed by atoms with Crippen LogP contribution in [-0.2, 0) is 0 Å². The zero-order valence-electron chi connectivity index (χ0n) is 6.95. The molecule has 0 aliphatic heterocycles. The van der Waals surface area contributed by atoms with Crippen LogP contribution >= 0.6 is 0 Å². The van der Waals surface area contributed by atoms with Gasteiger partial charge < -0.3 is 5.21 Å². The average molecular weight is 165 g/mol. The van der Waals surface area contributed by atoms with E-state index < -0.39 is 0 Å². The Bertz CT molecular complexity index is 363. The summed E-state index contributed by atoms with van der Waals surface area (Å²) in [6.45, 7) is 1.87. The molecule has 1 aromatic rings. The van der Waals surface area contributed by atoms with Crippen LogP contribution < -0.4 is 5.56 Å². The van der Waals surface area contributed by atoms with Crippen LogP contribution in [-0.4, -0.2) is 9.94 Å². The second kappa shape index (κ2) is 2.37. The third-order valence-corrected chi connectivity index (χ3v) is 2.18. The summed E-state index contributed by atoms with van der Waals surface area (Å²) in [5.41, 5.74) is 1.36. The van der Waals surface area contributed by atoms with E-state index in [-0.39, 0.29) is 5.56 Å². The highest BCUT2D eigenvalue weighted by Gasteiger charge is 2.27. The summed E-state index contributed by atoms with van der Waals surface area (Å²) in [5, 5.41) is 9.34. The molecule has 0 saturated heterocycles. The summed E-state index contributed by atoms with van der Waals surface area (Å²) < 4.78 is 0.769. The molecule has 0 unspecified atom stereocenters. The Kier molecular flexibility index (Phi) is 1.46. The Morgan fingerprint density at radius 3 is 2.75 bits per heavy atom. The summed E-state index contributed by atoms with van der Waals surface area (Å²) in [6.07, 6.45) is 2.17. The molecule has 1 fully saturated rings. The van der Waals surface area contributed by atoms with Crippen molar-refractivity contribution in [3.63, 3.8) is 0 Å². The first kappa shape index (κ1) is 7.40. The van der Waals surface area contributed by atoms with E-state index in [1.54, 1.807) is 0 Å². The fraction of sp³-hybridized carbons (Fsp3) is 0.444. The van der Waals surface area contributed by atoms with E-state index >= 15 is 0 Å². The van der Waals surface area contributed by atoms with E-state index in [0.29, 0.717) is 5.92 Å². The van der Waals surface area contributed by atoms with Gasteiger partial charge in [-0.1, -0.05) is 0 Å². The average Bonchev–Trinajstić information content (AvgIpc) is 2.79. The maximum absolute atomic E-state index is 11.1. The number of pyridine rings is 1. The molecule has 64 valence electrons. The summed E-state index contributed by atoms with van der Waals surface area (Å²) >= 11 is 0. The van der Waals surface area contributed by atoms with E-state index in [9.17, 15) is 10.0 Å². The molecule has 1 aliphatic carbocycles. The summed E-state index contributed by atoms with van der Waals surface area (Å²) in [4.78, 5) is 11.1. The lowest BCUT2D eigenvalue weighted by molar-refractivity contribution is 0.165.